The van der Waals surface area contributed by atoms with Crippen molar-refractivity contribution < 1.29 is 24.4 Å². The lowest BCUT2D eigenvalue weighted by Gasteiger charge is -2.12. The van der Waals surface area contributed by atoms with E-state index >= 15 is 0 Å². The number of nitro benzene ring substituents is 1. The molecular weight excluding hydrogens is 282 g/mol. The molecular formula is C12H13N3O6. The van der Waals surface area contributed by atoms with Crippen molar-refractivity contribution in [3.63, 3.8) is 0 Å². The summed E-state index contributed by atoms with van der Waals surface area (Å²) in [5.74, 6) is -3.16. The van der Waals surface area contributed by atoms with Gasteiger partial charge in [-0.2, -0.15) is 0 Å². The van der Waals surface area contributed by atoms with E-state index in [1.54, 1.807) is 0 Å². The van der Waals surface area contributed by atoms with Crippen molar-refractivity contribution in [2.24, 2.45) is 5.73 Å². The zero-order chi connectivity index (χ0) is 16.2. The van der Waals surface area contributed by atoms with Gasteiger partial charge in [-0.1, -0.05) is 6.07 Å². The van der Waals surface area contributed by atoms with E-state index < -0.39 is 35.2 Å². The topological polar surface area (TPSA) is 153 Å². The minimum Gasteiger partial charge on any atom is -0.480 e. The molecule has 0 saturated carbocycles. The zero-order valence-electron chi connectivity index (χ0n) is 11.0. The van der Waals surface area contributed by atoms with Gasteiger partial charge in [-0.15, -0.1) is 0 Å². The summed E-state index contributed by atoms with van der Waals surface area (Å²) in [6, 6.07) is 2.24. The maximum atomic E-state index is 11.9. The monoisotopic (exact) mass is 295 g/mol. The van der Waals surface area contributed by atoms with Crippen molar-refractivity contribution in [3.8, 4) is 0 Å². The first-order valence-corrected chi connectivity index (χ1v) is 5.79. The van der Waals surface area contributed by atoms with Crippen LogP contribution >= 0.6 is 0 Å². The molecule has 4 N–H and O–H groups in total. The normalized spacial score (nSPS) is 11.5. The van der Waals surface area contributed by atoms with Crippen LogP contribution in [0.2, 0.25) is 0 Å². The third-order valence-corrected chi connectivity index (χ3v) is 2.68. The quantitative estimate of drug-likeness (QED) is 0.494. The van der Waals surface area contributed by atoms with Crippen molar-refractivity contribution in [1.29, 1.82) is 0 Å². The second-order valence-corrected chi connectivity index (χ2v) is 4.29. The molecule has 0 spiro atoms. The van der Waals surface area contributed by atoms with Crippen molar-refractivity contribution in [3.05, 3.63) is 39.4 Å². The molecule has 0 aliphatic rings. The number of hydrogen-bond donors (Lipinski definition) is 3. The van der Waals surface area contributed by atoms with Crippen molar-refractivity contribution in [1.82, 2.24) is 5.32 Å². The Morgan fingerprint density at radius 1 is 1.43 bits per heavy atom. The standard InChI is InChI=1S/C12H13N3O6/c1-6-2-3-7(4-9(6)15(20)21)11(17)14-8(12(18)19)5-10(13)16/h2-4,8H,5H2,1H3,(H2,13,16)(H,14,17)(H,18,19)/t8-/m1/s1. The Balaban J connectivity index is 2.97. The molecule has 0 heterocycles. The van der Waals surface area contributed by atoms with Crippen molar-refractivity contribution >= 4 is 23.5 Å². The summed E-state index contributed by atoms with van der Waals surface area (Å²) in [7, 11) is 0. The maximum absolute atomic E-state index is 11.9. The molecule has 0 fully saturated rings. The molecule has 0 aromatic heterocycles. The zero-order valence-corrected chi connectivity index (χ0v) is 11.0. The Bertz CT molecular complexity index is 613. The van der Waals surface area contributed by atoms with Gasteiger partial charge in [-0.3, -0.25) is 19.7 Å². The fourth-order valence-corrected chi connectivity index (χ4v) is 1.59. The van der Waals surface area contributed by atoms with Crippen LogP contribution in [0.5, 0.6) is 0 Å². The minimum absolute atomic E-state index is 0.0805. The van der Waals surface area contributed by atoms with Crippen LogP contribution in [-0.4, -0.2) is 33.9 Å². The molecule has 0 bridgehead atoms. The van der Waals surface area contributed by atoms with Crippen LogP contribution < -0.4 is 11.1 Å². The predicted octanol–water partition coefficient (Wildman–Crippen LogP) is -0.0384. The van der Waals surface area contributed by atoms with Crippen molar-refractivity contribution in [2.45, 2.75) is 19.4 Å². The number of carbonyl (C=O) groups is 3. The van der Waals surface area contributed by atoms with E-state index in [2.05, 4.69) is 5.32 Å². The number of primary amides is 1. The van der Waals surface area contributed by atoms with E-state index in [1.165, 1.54) is 19.1 Å². The molecule has 0 saturated heterocycles. The molecule has 0 radical (unpaired) electrons. The first-order valence-electron chi connectivity index (χ1n) is 5.79. The van der Waals surface area contributed by atoms with E-state index in [4.69, 9.17) is 10.8 Å². The summed E-state index contributed by atoms with van der Waals surface area (Å²) in [5, 5.41) is 21.8. The van der Waals surface area contributed by atoms with Gasteiger partial charge in [0.15, 0.2) is 0 Å². The number of rotatable bonds is 6. The lowest BCUT2D eigenvalue weighted by atomic mass is 10.1. The molecule has 1 aromatic rings. The molecule has 1 atom stereocenters. The van der Waals surface area contributed by atoms with Crippen LogP contribution in [0.15, 0.2) is 18.2 Å². The number of nitrogens with one attached hydrogen (secondary N) is 1. The predicted molar refractivity (Wildman–Crippen MR) is 70.5 cm³/mol. The van der Waals surface area contributed by atoms with Crippen LogP contribution in [0.25, 0.3) is 0 Å². The third kappa shape index (κ3) is 4.27. The number of carboxylic acids is 1. The Morgan fingerprint density at radius 2 is 2.05 bits per heavy atom. The van der Waals surface area contributed by atoms with Gasteiger partial charge in [0.25, 0.3) is 11.6 Å². The molecule has 0 aliphatic heterocycles. The molecule has 2 amide bonds. The molecule has 1 aromatic carbocycles. The van der Waals surface area contributed by atoms with Crippen LogP contribution in [0.4, 0.5) is 5.69 Å². The highest BCUT2D eigenvalue weighted by molar-refractivity contribution is 5.98. The average Bonchev–Trinajstić information content (AvgIpc) is 2.37. The molecule has 9 nitrogen and oxygen atoms in total. The Kier molecular flexibility index (Phi) is 4.95. The highest BCUT2D eigenvalue weighted by atomic mass is 16.6. The van der Waals surface area contributed by atoms with Gasteiger partial charge in [0.1, 0.15) is 6.04 Å². The molecule has 0 unspecified atom stereocenters. The highest BCUT2D eigenvalue weighted by Gasteiger charge is 2.23. The molecule has 112 valence electrons. The number of nitro groups is 1. The van der Waals surface area contributed by atoms with Gasteiger partial charge in [-0.25, -0.2) is 4.79 Å². The average molecular weight is 295 g/mol. The molecule has 9 heteroatoms. The smallest absolute Gasteiger partial charge is 0.326 e. The summed E-state index contributed by atoms with van der Waals surface area (Å²) in [4.78, 5) is 43.7. The summed E-state index contributed by atoms with van der Waals surface area (Å²) in [6.45, 7) is 1.51. The lowest BCUT2D eigenvalue weighted by Crippen LogP contribution is -2.43. The second-order valence-electron chi connectivity index (χ2n) is 4.29. The number of nitrogens with two attached hydrogens (primary N) is 1. The largest absolute Gasteiger partial charge is 0.480 e. The van der Waals surface area contributed by atoms with Gasteiger partial charge in [0, 0.05) is 17.2 Å². The summed E-state index contributed by atoms with van der Waals surface area (Å²) < 4.78 is 0. The van der Waals surface area contributed by atoms with E-state index in [1.807, 2.05) is 0 Å². The number of carbonyl (C=O) groups excluding carboxylic acids is 2. The van der Waals surface area contributed by atoms with Gasteiger partial charge in [0.2, 0.25) is 5.91 Å². The Morgan fingerprint density at radius 3 is 2.52 bits per heavy atom. The first kappa shape index (κ1) is 16.1. The third-order valence-electron chi connectivity index (χ3n) is 2.68. The number of benzene rings is 1. The van der Waals surface area contributed by atoms with Gasteiger partial charge in [0.05, 0.1) is 11.3 Å². The van der Waals surface area contributed by atoms with Crippen LogP contribution in [-0.2, 0) is 9.59 Å². The summed E-state index contributed by atoms with van der Waals surface area (Å²) in [6.07, 6.45) is -0.574. The molecule has 0 aliphatic carbocycles. The van der Waals surface area contributed by atoms with E-state index in [-0.39, 0.29) is 11.3 Å². The Labute approximate surface area is 118 Å². The van der Waals surface area contributed by atoms with Gasteiger partial charge >= 0.3 is 5.97 Å². The minimum atomic E-state index is -1.49. The Hall–Kier alpha value is -2.97. The first-order chi connectivity index (χ1) is 9.72. The van der Waals surface area contributed by atoms with Crippen molar-refractivity contribution in [2.75, 3.05) is 0 Å². The maximum Gasteiger partial charge on any atom is 0.326 e. The fourth-order valence-electron chi connectivity index (χ4n) is 1.59. The van der Waals surface area contributed by atoms with Crippen LogP contribution in [0, 0.1) is 17.0 Å². The molecule has 21 heavy (non-hydrogen) atoms. The number of carboxylic acid groups (broad SMARTS) is 1. The summed E-state index contributed by atoms with van der Waals surface area (Å²) in [5.41, 5.74) is 4.91. The van der Waals surface area contributed by atoms with Gasteiger partial charge < -0.3 is 16.2 Å². The number of aliphatic carboxylic acids is 1. The number of amides is 2. The lowest BCUT2D eigenvalue weighted by molar-refractivity contribution is -0.385. The number of hydrogen-bond acceptors (Lipinski definition) is 5. The number of aryl methyl sites for hydroxylation is 1. The van der Waals surface area contributed by atoms with Crippen LogP contribution in [0.3, 0.4) is 0 Å². The van der Waals surface area contributed by atoms with E-state index in [0.717, 1.165) is 6.07 Å². The second kappa shape index (κ2) is 6.46. The van der Waals surface area contributed by atoms with E-state index in [9.17, 15) is 24.5 Å². The fraction of sp³-hybridized carbons (Fsp3) is 0.250. The van der Waals surface area contributed by atoms with Gasteiger partial charge in [-0.05, 0) is 13.0 Å². The highest BCUT2D eigenvalue weighted by Crippen LogP contribution is 2.19. The summed E-state index contributed by atoms with van der Waals surface area (Å²) >= 11 is 0. The number of nitrogens with zero attached hydrogens (tertiary/aromatic N) is 1. The van der Waals surface area contributed by atoms with Crippen LogP contribution in [0.1, 0.15) is 22.3 Å². The molecule has 1 rings (SSSR count). The SMILES string of the molecule is Cc1ccc(C(=O)N[C@H](CC(N)=O)C(=O)O)cc1[N+](=O)[O-]. The van der Waals surface area contributed by atoms with E-state index in [0.29, 0.717) is 5.56 Å².